The summed E-state index contributed by atoms with van der Waals surface area (Å²) in [4.78, 5) is 19.7. The predicted molar refractivity (Wildman–Crippen MR) is 180 cm³/mol. The molecule has 0 aliphatic heterocycles. The van der Waals surface area contributed by atoms with E-state index < -0.39 is 0 Å². The third-order valence-corrected chi connectivity index (χ3v) is 9.85. The summed E-state index contributed by atoms with van der Waals surface area (Å²) in [7, 11) is 1.60. The van der Waals surface area contributed by atoms with Gasteiger partial charge in [0.05, 0.1) is 22.7 Å². The van der Waals surface area contributed by atoms with E-state index in [0.717, 1.165) is 36.0 Å². The third kappa shape index (κ3) is 7.55. The van der Waals surface area contributed by atoms with Gasteiger partial charge in [-0.1, -0.05) is 61.6 Å². The monoisotopic (exact) mass is 654 g/mol. The van der Waals surface area contributed by atoms with Crippen molar-refractivity contribution in [1.82, 2.24) is 0 Å². The first-order valence-electron chi connectivity index (χ1n) is 14.0. The van der Waals surface area contributed by atoms with Crippen LogP contribution in [-0.4, -0.2) is 19.2 Å². The van der Waals surface area contributed by atoms with Crippen LogP contribution in [0.15, 0.2) is 65.7 Å². The number of ether oxygens (including phenoxy) is 2. The fourth-order valence-corrected chi connectivity index (χ4v) is 6.89. The quantitative estimate of drug-likeness (QED) is 0.192. The average Bonchev–Trinajstić information content (AvgIpc) is 3.35. The summed E-state index contributed by atoms with van der Waals surface area (Å²) in [5, 5.41) is 5.34. The second-order valence-corrected chi connectivity index (χ2v) is 14.0. The van der Waals surface area contributed by atoms with Crippen molar-refractivity contribution in [3.63, 3.8) is 0 Å². The van der Waals surface area contributed by atoms with Crippen LogP contribution in [0.4, 0.5) is 10.7 Å². The number of nitrogens with one attached hydrogen (secondary N) is 1. The number of halogens is 3. The van der Waals surface area contributed by atoms with Gasteiger partial charge in [0.2, 0.25) is 0 Å². The van der Waals surface area contributed by atoms with Crippen LogP contribution in [0.2, 0.25) is 15.1 Å². The van der Waals surface area contributed by atoms with Crippen molar-refractivity contribution in [3.05, 3.63) is 103 Å². The molecule has 1 heterocycles. The van der Waals surface area contributed by atoms with Crippen molar-refractivity contribution in [2.75, 3.05) is 12.4 Å². The number of fused-ring (bicyclic) bond motifs is 1. The Labute approximate surface area is 271 Å². The second kappa shape index (κ2) is 13.3. The summed E-state index contributed by atoms with van der Waals surface area (Å²) < 4.78 is 11.6. The second-order valence-electron chi connectivity index (χ2n) is 11.7. The highest BCUT2D eigenvalue weighted by Crippen LogP contribution is 2.45. The average molecular weight is 656 g/mol. The molecular formula is C34H33Cl3N2O3S. The SMILES string of the molecule is COc1cc(C=Nc2sc3c(c2C(=O)Nc2ccc(Cl)cc2)CC[C@H](C(C)(C)C)C3)ccc1OCc1ccc(Cl)c(Cl)c1. The van der Waals surface area contributed by atoms with E-state index in [1.807, 2.05) is 24.3 Å². The van der Waals surface area contributed by atoms with Gasteiger partial charge in [-0.2, -0.15) is 0 Å². The summed E-state index contributed by atoms with van der Waals surface area (Å²) >= 11 is 19.8. The first-order chi connectivity index (χ1) is 20.5. The van der Waals surface area contributed by atoms with Crippen LogP contribution in [0.1, 0.15) is 59.1 Å². The molecule has 9 heteroatoms. The molecule has 0 unspecified atom stereocenters. The first kappa shape index (κ1) is 31.4. The molecule has 5 nitrogen and oxygen atoms in total. The molecule has 0 spiro atoms. The minimum atomic E-state index is -0.162. The standard InChI is InChI=1S/C34H33Cl3N2O3S/c1-34(2,3)22-7-12-25-30(17-22)43-33(31(25)32(40)39-24-10-8-23(35)9-11-24)38-18-20-6-14-28(29(16-20)41-4)42-19-21-5-13-26(36)27(37)15-21/h5-6,8-11,13-16,18,22H,7,12,17,19H2,1-4H3,(H,39,40)/t22-/m0/s1. The smallest absolute Gasteiger partial charge is 0.259 e. The maximum atomic E-state index is 13.7. The molecule has 0 saturated heterocycles. The number of anilines is 1. The number of carbonyl (C=O) groups excluding carboxylic acids is 1. The molecule has 43 heavy (non-hydrogen) atoms. The molecule has 1 atom stereocenters. The van der Waals surface area contributed by atoms with Crippen molar-refractivity contribution in [3.8, 4) is 11.5 Å². The summed E-state index contributed by atoms with van der Waals surface area (Å²) in [5.41, 5.74) is 4.34. The molecule has 5 rings (SSSR count). The largest absolute Gasteiger partial charge is 0.493 e. The zero-order valence-electron chi connectivity index (χ0n) is 24.5. The number of benzene rings is 3. The molecule has 0 bridgehead atoms. The first-order valence-corrected chi connectivity index (χ1v) is 16.0. The van der Waals surface area contributed by atoms with Crippen molar-refractivity contribution >= 4 is 68.9 Å². The fourth-order valence-electron chi connectivity index (χ4n) is 5.17. The number of aliphatic imine (C=N–C) groups is 1. The molecule has 3 aromatic carbocycles. The number of amides is 1. The predicted octanol–water partition coefficient (Wildman–Crippen LogP) is 10.4. The molecule has 1 amide bonds. The van der Waals surface area contributed by atoms with E-state index in [1.54, 1.807) is 61.1 Å². The number of hydrogen-bond acceptors (Lipinski definition) is 5. The van der Waals surface area contributed by atoms with Crippen LogP contribution in [0.25, 0.3) is 0 Å². The van der Waals surface area contributed by atoms with Crippen LogP contribution in [0.3, 0.4) is 0 Å². The summed E-state index contributed by atoms with van der Waals surface area (Å²) in [6.07, 6.45) is 4.60. The highest BCUT2D eigenvalue weighted by Gasteiger charge is 2.33. The van der Waals surface area contributed by atoms with Gasteiger partial charge in [0, 0.05) is 21.8 Å². The molecule has 1 aliphatic carbocycles. The highest BCUT2D eigenvalue weighted by atomic mass is 35.5. The zero-order valence-corrected chi connectivity index (χ0v) is 27.6. The lowest BCUT2D eigenvalue weighted by atomic mass is 9.72. The highest BCUT2D eigenvalue weighted by molar-refractivity contribution is 7.16. The van der Waals surface area contributed by atoms with Gasteiger partial charge in [-0.15, -0.1) is 11.3 Å². The molecule has 0 saturated carbocycles. The number of rotatable bonds is 8. The maximum absolute atomic E-state index is 13.7. The van der Waals surface area contributed by atoms with E-state index >= 15 is 0 Å². The van der Waals surface area contributed by atoms with E-state index in [4.69, 9.17) is 49.3 Å². The van der Waals surface area contributed by atoms with Gasteiger partial charge >= 0.3 is 0 Å². The van der Waals surface area contributed by atoms with E-state index in [9.17, 15) is 4.79 Å². The van der Waals surface area contributed by atoms with Gasteiger partial charge in [-0.25, -0.2) is 4.99 Å². The number of thiophene rings is 1. The molecule has 224 valence electrons. The summed E-state index contributed by atoms with van der Waals surface area (Å²) in [6, 6.07) is 18.1. The van der Waals surface area contributed by atoms with Crippen molar-refractivity contribution < 1.29 is 14.3 Å². The third-order valence-electron chi connectivity index (χ3n) is 7.70. The van der Waals surface area contributed by atoms with E-state index in [0.29, 0.717) is 55.3 Å². The lowest BCUT2D eigenvalue weighted by molar-refractivity contribution is 0.102. The normalized spacial score (nSPS) is 14.9. The number of methoxy groups -OCH3 is 1. The molecule has 4 aromatic rings. The minimum absolute atomic E-state index is 0.162. The molecule has 0 fully saturated rings. The van der Waals surface area contributed by atoms with E-state index in [-0.39, 0.29) is 11.3 Å². The van der Waals surface area contributed by atoms with E-state index in [1.165, 1.54) is 4.88 Å². The molecule has 1 aromatic heterocycles. The summed E-state index contributed by atoms with van der Waals surface area (Å²) in [6.45, 7) is 7.17. The molecule has 0 radical (unpaired) electrons. The van der Waals surface area contributed by atoms with Gasteiger partial charge in [0.25, 0.3) is 5.91 Å². The van der Waals surface area contributed by atoms with Gasteiger partial charge in [0.1, 0.15) is 11.6 Å². The lowest BCUT2D eigenvalue weighted by Crippen LogP contribution is -2.27. The van der Waals surface area contributed by atoms with E-state index in [2.05, 4.69) is 26.1 Å². The van der Waals surface area contributed by atoms with Crippen LogP contribution >= 0.6 is 46.1 Å². The summed E-state index contributed by atoms with van der Waals surface area (Å²) in [5.74, 6) is 1.55. The maximum Gasteiger partial charge on any atom is 0.259 e. The molecule has 1 aliphatic rings. The van der Waals surface area contributed by atoms with Crippen LogP contribution < -0.4 is 14.8 Å². The Kier molecular flexibility index (Phi) is 9.72. The Morgan fingerprint density at radius 2 is 1.79 bits per heavy atom. The fraction of sp³-hybridized carbons (Fsp3) is 0.294. The van der Waals surface area contributed by atoms with Crippen LogP contribution in [0.5, 0.6) is 11.5 Å². The Morgan fingerprint density at radius 3 is 2.49 bits per heavy atom. The Bertz CT molecular complexity index is 1660. The lowest BCUT2D eigenvalue weighted by Gasteiger charge is -2.33. The van der Waals surface area contributed by atoms with Crippen molar-refractivity contribution in [2.45, 2.75) is 46.6 Å². The zero-order chi connectivity index (χ0) is 30.7. The Morgan fingerprint density at radius 1 is 1.02 bits per heavy atom. The van der Waals surface area contributed by atoms with Crippen LogP contribution in [-0.2, 0) is 19.4 Å². The Hall–Kier alpha value is -3.03. The van der Waals surface area contributed by atoms with Crippen molar-refractivity contribution in [2.24, 2.45) is 16.3 Å². The van der Waals surface area contributed by atoms with Crippen molar-refractivity contribution in [1.29, 1.82) is 0 Å². The van der Waals surface area contributed by atoms with Crippen LogP contribution in [0, 0.1) is 11.3 Å². The molecular weight excluding hydrogens is 623 g/mol. The number of carbonyl (C=O) groups is 1. The van der Waals surface area contributed by atoms with Gasteiger partial charge in [-0.05, 0) is 102 Å². The minimum Gasteiger partial charge on any atom is -0.493 e. The topological polar surface area (TPSA) is 59.9 Å². The van der Waals surface area contributed by atoms with Gasteiger partial charge in [-0.3, -0.25) is 4.79 Å². The van der Waals surface area contributed by atoms with Gasteiger partial charge < -0.3 is 14.8 Å². The van der Waals surface area contributed by atoms with Gasteiger partial charge in [0.15, 0.2) is 11.5 Å². The Balaban J connectivity index is 1.40. The number of hydrogen-bond donors (Lipinski definition) is 1. The number of nitrogens with zero attached hydrogens (tertiary/aromatic N) is 1. The molecule has 1 N–H and O–H groups in total.